The lowest BCUT2D eigenvalue weighted by Crippen LogP contribution is -2.21. The Hall–Kier alpha value is -1.53. The van der Waals surface area contributed by atoms with Gasteiger partial charge in [-0.2, -0.15) is 0 Å². The number of nitrogens with one attached hydrogen (secondary N) is 1. The molecule has 82 valence electrons. The SMILES string of the molecule is COCCNCc1ncncc1C(=O)O. The monoisotopic (exact) mass is 211 g/mol. The van der Waals surface area contributed by atoms with E-state index in [0.29, 0.717) is 25.4 Å². The number of aromatic nitrogens is 2. The number of carbonyl (C=O) groups is 1. The summed E-state index contributed by atoms with van der Waals surface area (Å²) in [5.74, 6) is -1.01. The molecule has 2 N–H and O–H groups in total. The second kappa shape index (κ2) is 6.05. The Labute approximate surface area is 87.3 Å². The van der Waals surface area contributed by atoms with E-state index in [-0.39, 0.29) is 5.56 Å². The van der Waals surface area contributed by atoms with Crippen LogP contribution in [0.25, 0.3) is 0 Å². The van der Waals surface area contributed by atoms with Crippen molar-refractivity contribution in [3.05, 3.63) is 23.8 Å². The van der Waals surface area contributed by atoms with Gasteiger partial charge in [-0.15, -0.1) is 0 Å². The Balaban J connectivity index is 2.56. The quantitative estimate of drug-likeness (QED) is 0.640. The topological polar surface area (TPSA) is 84.3 Å². The van der Waals surface area contributed by atoms with E-state index in [4.69, 9.17) is 9.84 Å². The highest BCUT2D eigenvalue weighted by Crippen LogP contribution is 2.02. The summed E-state index contributed by atoms with van der Waals surface area (Å²) in [4.78, 5) is 18.3. The first-order valence-electron chi connectivity index (χ1n) is 4.47. The minimum Gasteiger partial charge on any atom is -0.478 e. The molecule has 0 aliphatic rings. The van der Waals surface area contributed by atoms with Gasteiger partial charge in [0.1, 0.15) is 11.9 Å². The predicted octanol–water partition coefficient (Wildman–Crippen LogP) is -0.0892. The Morgan fingerprint density at radius 3 is 3.13 bits per heavy atom. The molecule has 6 nitrogen and oxygen atoms in total. The molecular weight excluding hydrogens is 198 g/mol. The standard InChI is InChI=1S/C9H13N3O3/c1-15-3-2-10-5-8-7(9(13)14)4-11-6-12-8/h4,6,10H,2-3,5H2,1H3,(H,13,14). The van der Waals surface area contributed by atoms with Crippen molar-refractivity contribution in [2.24, 2.45) is 0 Å². The van der Waals surface area contributed by atoms with Crippen molar-refractivity contribution in [3.63, 3.8) is 0 Å². The van der Waals surface area contributed by atoms with E-state index >= 15 is 0 Å². The molecule has 0 spiro atoms. The molecule has 1 rings (SSSR count). The lowest BCUT2D eigenvalue weighted by Gasteiger charge is -2.05. The molecule has 15 heavy (non-hydrogen) atoms. The number of hydrogen-bond donors (Lipinski definition) is 2. The highest BCUT2D eigenvalue weighted by Gasteiger charge is 2.10. The van der Waals surface area contributed by atoms with Crippen molar-refractivity contribution in [3.8, 4) is 0 Å². The van der Waals surface area contributed by atoms with Gasteiger partial charge in [-0.3, -0.25) is 0 Å². The summed E-state index contributed by atoms with van der Waals surface area (Å²) in [6.07, 6.45) is 2.63. The van der Waals surface area contributed by atoms with Crippen molar-refractivity contribution in [1.29, 1.82) is 0 Å². The molecule has 0 bridgehead atoms. The van der Waals surface area contributed by atoms with Crippen LogP contribution in [0.4, 0.5) is 0 Å². The van der Waals surface area contributed by atoms with Gasteiger partial charge >= 0.3 is 5.97 Å². The van der Waals surface area contributed by atoms with E-state index < -0.39 is 5.97 Å². The van der Waals surface area contributed by atoms with Crippen LogP contribution in [0.2, 0.25) is 0 Å². The summed E-state index contributed by atoms with van der Waals surface area (Å²) in [5, 5.41) is 11.9. The largest absolute Gasteiger partial charge is 0.478 e. The zero-order valence-corrected chi connectivity index (χ0v) is 8.43. The molecule has 0 aromatic carbocycles. The summed E-state index contributed by atoms with van der Waals surface area (Å²) in [6, 6.07) is 0. The van der Waals surface area contributed by atoms with E-state index in [2.05, 4.69) is 15.3 Å². The number of carboxylic acids is 1. The van der Waals surface area contributed by atoms with Crippen LogP contribution in [0.3, 0.4) is 0 Å². The van der Waals surface area contributed by atoms with Crippen LogP contribution >= 0.6 is 0 Å². The fourth-order valence-electron chi connectivity index (χ4n) is 1.06. The lowest BCUT2D eigenvalue weighted by atomic mass is 10.2. The third kappa shape index (κ3) is 3.61. The summed E-state index contributed by atoms with van der Waals surface area (Å²) in [6.45, 7) is 1.63. The maximum Gasteiger partial charge on any atom is 0.339 e. The molecule has 0 saturated heterocycles. The van der Waals surface area contributed by atoms with Crippen LogP contribution in [0.15, 0.2) is 12.5 Å². The number of nitrogens with zero attached hydrogens (tertiary/aromatic N) is 2. The molecule has 0 aliphatic heterocycles. The second-order valence-electron chi connectivity index (χ2n) is 2.86. The molecule has 0 fully saturated rings. The van der Waals surface area contributed by atoms with Gasteiger partial charge in [-0.25, -0.2) is 14.8 Å². The minimum atomic E-state index is -1.01. The Morgan fingerprint density at radius 2 is 2.47 bits per heavy atom. The molecule has 0 amide bonds. The van der Waals surface area contributed by atoms with Crippen LogP contribution < -0.4 is 5.32 Å². The fourth-order valence-corrected chi connectivity index (χ4v) is 1.06. The molecule has 0 aliphatic carbocycles. The first kappa shape index (κ1) is 11.5. The molecule has 6 heteroatoms. The lowest BCUT2D eigenvalue weighted by molar-refractivity contribution is 0.0694. The van der Waals surface area contributed by atoms with Crippen LogP contribution in [0.1, 0.15) is 16.1 Å². The van der Waals surface area contributed by atoms with Crippen LogP contribution in [0.5, 0.6) is 0 Å². The Kier molecular flexibility index (Phi) is 4.65. The number of carboxylic acid groups (broad SMARTS) is 1. The molecule has 1 aromatic heterocycles. The van der Waals surface area contributed by atoms with Gasteiger partial charge in [0.05, 0.1) is 12.3 Å². The van der Waals surface area contributed by atoms with Gasteiger partial charge in [0.25, 0.3) is 0 Å². The van der Waals surface area contributed by atoms with Crippen LogP contribution in [-0.4, -0.2) is 41.3 Å². The number of hydrogen-bond acceptors (Lipinski definition) is 5. The first-order chi connectivity index (χ1) is 7.25. The summed E-state index contributed by atoms with van der Waals surface area (Å²) in [7, 11) is 1.61. The smallest absolute Gasteiger partial charge is 0.339 e. The van der Waals surface area contributed by atoms with Gasteiger partial charge in [0.15, 0.2) is 0 Å². The van der Waals surface area contributed by atoms with Crippen molar-refractivity contribution in [2.45, 2.75) is 6.54 Å². The molecule has 0 saturated carbocycles. The molecule has 0 unspecified atom stereocenters. The Morgan fingerprint density at radius 1 is 1.67 bits per heavy atom. The Bertz CT molecular complexity index is 330. The molecule has 1 heterocycles. The highest BCUT2D eigenvalue weighted by atomic mass is 16.5. The van der Waals surface area contributed by atoms with Crippen molar-refractivity contribution < 1.29 is 14.6 Å². The minimum absolute atomic E-state index is 0.127. The highest BCUT2D eigenvalue weighted by molar-refractivity contribution is 5.88. The summed E-state index contributed by atoms with van der Waals surface area (Å²) >= 11 is 0. The number of ether oxygens (including phenoxy) is 1. The van der Waals surface area contributed by atoms with E-state index in [1.165, 1.54) is 12.5 Å². The van der Waals surface area contributed by atoms with Crippen LogP contribution in [-0.2, 0) is 11.3 Å². The molecule has 0 radical (unpaired) electrons. The predicted molar refractivity (Wildman–Crippen MR) is 52.6 cm³/mol. The summed E-state index contributed by atoms with van der Waals surface area (Å²) in [5.41, 5.74) is 0.607. The van der Waals surface area contributed by atoms with Crippen LogP contribution in [0, 0.1) is 0 Å². The second-order valence-corrected chi connectivity index (χ2v) is 2.86. The van der Waals surface area contributed by atoms with Crippen molar-refractivity contribution >= 4 is 5.97 Å². The van der Waals surface area contributed by atoms with Gasteiger partial charge < -0.3 is 15.2 Å². The average Bonchev–Trinajstić information content (AvgIpc) is 2.25. The van der Waals surface area contributed by atoms with Gasteiger partial charge in [0.2, 0.25) is 0 Å². The fraction of sp³-hybridized carbons (Fsp3) is 0.444. The summed E-state index contributed by atoms with van der Waals surface area (Å²) < 4.78 is 4.85. The van der Waals surface area contributed by atoms with Gasteiger partial charge in [-0.05, 0) is 0 Å². The number of rotatable bonds is 6. The number of methoxy groups -OCH3 is 1. The van der Waals surface area contributed by atoms with E-state index in [9.17, 15) is 4.79 Å². The molecular formula is C9H13N3O3. The third-order valence-corrected chi connectivity index (χ3v) is 1.80. The third-order valence-electron chi connectivity index (χ3n) is 1.80. The average molecular weight is 211 g/mol. The normalized spacial score (nSPS) is 10.2. The maximum absolute atomic E-state index is 10.8. The van der Waals surface area contributed by atoms with Gasteiger partial charge in [-0.1, -0.05) is 0 Å². The van der Waals surface area contributed by atoms with Crippen molar-refractivity contribution in [2.75, 3.05) is 20.3 Å². The van der Waals surface area contributed by atoms with Crippen molar-refractivity contribution in [1.82, 2.24) is 15.3 Å². The number of aromatic carboxylic acids is 1. The maximum atomic E-state index is 10.8. The zero-order valence-electron chi connectivity index (χ0n) is 8.43. The van der Waals surface area contributed by atoms with E-state index in [1.807, 2.05) is 0 Å². The van der Waals surface area contributed by atoms with Gasteiger partial charge in [0, 0.05) is 26.4 Å². The van der Waals surface area contributed by atoms with E-state index in [0.717, 1.165) is 0 Å². The molecule has 0 atom stereocenters. The molecule has 1 aromatic rings. The first-order valence-corrected chi connectivity index (χ1v) is 4.47. The van der Waals surface area contributed by atoms with E-state index in [1.54, 1.807) is 7.11 Å². The zero-order chi connectivity index (χ0) is 11.1.